The lowest BCUT2D eigenvalue weighted by molar-refractivity contribution is -0.129. The lowest BCUT2D eigenvalue weighted by atomic mass is 10.1. The molecule has 0 saturated carbocycles. The first kappa shape index (κ1) is 21.1. The Labute approximate surface area is 176 Å². The fraction of sp³-hybridized carbons (Fsp3) is 0.391. The molecule has 152 valence electrons. The molecule has 2 aromatic carbocycles. The third-order valence-electron chi connectivity index (χ3n) is 5.76. The van der Waals surface area contributed by atoms with Gasteiger partial charge in [0.05, 0.1) is 16.6 Å². The average Bonchev–Trinajstić information content (AvgIpc) is 3.09. The van der Waals surface area contributed by atoms with Gasteiger partial charge in [-0.25, -0.2) is 4.39 Å². The van der Waals surface area contributed by atoms with Gasteiger partial charge in [0.1, 0.15) is 11.9 Å². The summed E-state index contributed by atoms with van der Waals surface area (Å²) in [6.45, 7) is 7.14. The Hall–Kier alpha value is -2.58. The summed E-state index contributed by atoms with van der Waals surface area (Å²) in [6, 6.07) is 12.2. The third kappa shape index (κ3) is 4.54. The van der Waals surface area contributed by atoms with E-state index in [1.165, 1.54) is 12.1 Å². The number of aryl methyl sites for hydroxylation is 1. The Bertz CT molecular complexity index is 956. The number of rotatable bonds is 6. The molecule has 0 bridgehead atoms. The molecule has 1 unspecified atom stereocenters. The number of nitrogens with zero attached hydrogens (tertiary/aromatic N) is 3. The Morgan fingerprint density at radius 3 is 2.76 bits per heavy atom. The largest absolute Gasteiger partial charge is 0.362 e. The van der Waals surface area contributed by atoms with Gasteiger partial charge in [-0.15, -0.1) is 0 Å². The Morgan fingerprint density at radius 1 is 1.34 bits per heavy atom. The van der Waals surface area contributed by atoms with E-state index >= 15 is 0 Å². The van der Waals surface area contributed by atoms with Crippen molar-refractivity contribution in [1.82, 2.24) is 4.90 Å². The van der Waals surface area contributed by atoms with E-state index in [4.69, 9.17) is 11.6 Å². The Kier molecular flexibility index (Phi) is 6.44. The Balaban J connectivity index is 1.98. The maximum Gasteiger partial charge on any atom is 0.225 e. The third-order valence-corrected chi connectivity index (χ3v) is 6.07. The quantitative estimate of drug-likeness (QED) is 0.664. The molecule has 0 aromatic heterocycles. The van der Waals surface area contributed by atoms with Crippen LogP contribution < -0.4 is 4.90 Å². The van der Waals surface area contributed by atoms with E-state index in [1.54, 1.807) is 18.2 Å². The van der Waals surface area contributed by atoms with Crippen LogP contribution in [0.5, 0.6) is 0 Å². The number of nitriles is 1. The molecule has 0 N–H and O–H groups in total. The van der Waals surface area contributed by atoms with Gasteiger partial charge in [0, 0.05) is 31.2 Å². The molecule has 0 aliphatic carbocycles. The van der Waals surface area contributed by atoms with Crippen LogP contribution in [0, 0.1) is 24.1 Å². The molecule has 0 radical (unpaired) electrons. The fourth-order valence-corrected chi connectivity index (χ4v) is 3.98. The van der Waals surface area contributed by atoms with Crippen LogP contribution in [0.1, 0.15) is 43.4 Å². The lowest BCUT2D eigenvalue weighted by Crippen LogP contribution is -2.39. The summed E-state index contributed by atoms with van der Waals surface area (Å²) in [5.74, 6) is -0.155. The van der Waals surface area contributed by atoms with Crippen molar-refractivity contribution < 1.29 is 9.18 Å². The van der Waals surface area contributed by atoms with Gasteiger partial charge in [0.2, 0.25) is 5.91 Å². The minimum Gasteiger partial charge on any atom is -0.362 e. The van der Waals surface area contributed by atoms with Gasteiger partial charge in [-0.3, -0.25) is 4.79 Å². The van der Waals surface area contributed by atoms with Crippen molar-refractivity contribution in [2.45, 2.75) is 52.2 Å². The zero-order chi connectivity index (χ0) is 21.1. The molecule has 1 aliphatic rings. The monoisotopic (exact) mass is 413 g/mol. The van der Waals surface area contributed by atoms with Gasteiger partial charge in [-0.05, 0) is 61.7 Å². The van der Waals surface area contributed by atoms with Gasteiger partial charge in [0.15, 0.2) is 0 Å². The van der Waals surface area contributed by atoms with E-state index in [9.17, 15) is 14.4 Å². The fourth-order valence-electron chi connectivity index (χ4n) is 3.77. The first-order valence-corrected chi connectivity index (χ1v) is 10.2. The van der Waals surface area contributed by atoms with Gasteiger partial charge in [0.25, 0.3) is 0 Å². The first-order chi connectivity index (χ1) is 13.8. The molecule has 4 nitrogen and oxygen atoms in total. The zero-order valence-corrected chi connectivity index (χ0v) is 17.7. The summed E-state index contributed by atoms with van der Waals surface area (Å²) in [5.41, 5.74) is 3.07. The first-order valence-electron chi connectivity index (χ1n) is 9.84. The predicted octanol–water partition coefficient (Wildman–Crippen LogP) is 5.07. The topological polar surface area (TPSA) is 47.3 Å². The number of anilines is 1. The highest BCUT2D eigenvalue weighted by Gasteiger charge is 2.36. The van der Waals surface area contributed by atoms with Crippen molar-refractivity contribution in [2.75, 3.05) is 11.4 Å². The van der Waals surface area contributed by atoms with Crippen molar-refractivity contribution in [1.29, 1.82) is 5.26 Å². The van der Waals surface area contributed by atoms with E-state index < -0.39 is 0 Å². The van der Waals surface area contributed by atoms with Crippen molar-refractivity contribution in [3.63, 3.8) is 0 Å². The number of carbonyl (C=O) groups is 1. The van der Waals surface area contributed by atoms with Gasteiger partial charge < -0.3 is 9.80 Å². The molecule has 29 heavy (non-hydrogen) atoms. The summed E-state index contributed by atoms with van der Waals surface area (Å²) in [6.07, 6.45) is 1.29. The van der Waals surface area contributed by atoms with E-state index in [-0.39, 0.29) is 23.8 Å². The molecule has 1 saturated heterocycles. The summed E-state index contributed by atoms with van der Waals surface area (Å²) < 4.78 is 13.9. The molecule has 1 aliphatic heterocycles. The highest BCUT2D eigenvalue weighted by Crippen LogP contribution is 2.31. The highest BCUT2D eigenvalue weighted by atomic mass is 35.5. The van der Waals surface area contributed by atoms with Gasteiger partial charge in [-0.2, -0.15) is 5.26 Å². The smallest absolute Gasteiger partial charge is 0.225 e. The number of carbonyl (C=O) groups excluding carboxylic acids is 1. The molecule has 2 atom stereocenters. The number of hydrogen-bond acceptors (Lipinski definition) is 3. The highest BCUT2D eigenvalue weighted by molar-refractivity contribution is 6.32. The van der Waals surface area contributed by atoms with Crippen LogP contribution in [-0.2, 0) is 11.3 Å². The SMILES string of the molecule is CCC(C)N1C[C@@H](N(Cc2cc(F)ccc2C)c2ccc(C#N)c(Cl)c2)CC1=O. The molecular formula is C23H25ClFN3O. The maximum absolute atomic E-state index is 13.9. The van der Waals surface area contributed by atoms with E-state index in [1.807, 2.05) is 17.9 Å². The number of benzene rings is 2. The molecule has 0 spiro atoms. The van der Waals surface area contributed by atoms with Crippen LogP contribution in [0.3, 0.4) is 0 Å². The minimum atomic E-state index is -0.285. The summed E-state index contributed by atoms with van der Waals surface area (Å²) in [7, 11) is 0. The zero-order valence-electron chi connectivity index (χ0n) is 17.0. The summed E-state index contributed by atoms with van der Waals surface area (Å²) in [5, 5.41) is 9.55. The average molecular weight is 414 g/mol. The van der Waals surface area contributed by atoms with Crippen molar-refractivity contribution >= 4 is 23.2 Å². The molecule has 3 rings (SSSR count). The number of halogens is 2. The molecule has 1 amide bonds. The van der Waals surface area contributed by atoms with Crippen molar-refractivity contribution in [2.24, 2.45) is 0 Å². The summed E-state index contributed by atoms with van der Waals surface area (Å²) in [4.78, 5) is 16.7. The number of likely N-dealkylation sites (tertiary alicyclic amines) is 1. The van der Waals surface area contributed by atoms with Crippen LogP contribution >= 0.6 is 11.6 Å². The minimum absolute atomic E-state index is 0.0526. The Morgan fingerprint density at radius 2 is 2.10 bits per heavy atom. The number of amides is 1. The molecule has 6 heteroatoms. The number of hydrogen-bond donors (Lipinski definition) is 0. The molecular weight excluding hydrogens is 389 g/mol. The van der Waals surface area contributed by atoms with E-state index in [0.29, 0.717) is 30.1 Å². The van der Waals surface area contributed by atoms with Crippen LogP contribution in [0.4, 0.5) is 10.1 Å². The van der Waals surface area contributed by atoms with E-state index in [2.05, 4.69) is 24.8 Å². The maximum atomic E-state index is 13.9. The predicted molar refractivity (Wildman–Crippen MR) is 113 cm³/mol. The standard InChI is InChI=1S/C23H25ClFN3O/c1-4-16(3)27-14-21(11-23(27)29)28(13-18-9-19(25)7-5-15(18)2)20-8-6-17(12-26)22(24)10-20/h5-10,16,21H,4,11,13-14H2,1-3H3/t16?,21-/m0/s1. The van der Waals surface area contributed by atoms with Crippen LogP contribution in [0.2, 0.25) is 5.02 Å². The molecule has 1 fully saturated rings. The van der Waals surface area contributed by atoms with E-state index in [0.717, 1.165) is 23.2 Å². The van der Waals surface area contributed by atoms with Gasteiger partial charge >= 0.3 is 0 Å². The second-order valence-electron chi connectivity index (χ2n) is 7.64. The van der Waals surface area contributed by atoms with Crippen molar-refractivity contribution in [3.05, 3.63) is 63.9 Å². The van der Waals surface area contributed by atoms with Crippen molar-refractivity contribution in [3.8, 4) is 6.07 Å². The van der Waals surface area contributed by atoms with Crippen LogP contribution in [0.15, 0.2) is 36.4 Å². The summed E-state index contributed by atoms with van der Waals surface area (Å²) >= 11 is 6.28. The van der Waals surface area contributed by atoms with Gasteiger partial charge in [-0.1, -0.05) is 24.6 Å². The second-order valence-corrected chi connectivity index (χ2v) is 8.04. The van der Waals surface area contributed by atoms with Crippen LogP contribution in [0.25, 0.3) is 0 Å². The molecule has 1 heterocycles. The normalized spacial score (nSPS) is 17.3. The second kappa shape index (κ2) is 8.84. The lowest BCUT2D eigenvalue weighted by Gasteiger charge is -2.32. The molecule has 2 aromatic rings. The van der Waals surface area contributed by atoms with Crippen LogP contribution in [-0.4, -0.2) is 29.4 Å².